The molecule has 0 aliphatic heterocycles. The van der Waals surface area contributed by atoms with E-state index in [1.54, 1.807) is 20.3 Å². The van der Waals surface area contributed by atoms with Gasteiger partial charge in [0.15, 0.2) is 0 Å². The average molecular weight is 273 g/mol. The Morgan fingerprint density at radius 1 is 1.05 bits per heavy atom. The molecule has 0 amide bonds. The van der Waals surface area contributed by atoms with Gasteiger partial charge in [0.1, 0.15) is 5.75 Å². The van der Waals surface area contributed by atoms with Crippen LogP contribution in [0.15, 0.2) is 24.3 Å². The molecule has 1 unspecified atom stereocenters. The minimum atomic E-state index is -0.385. The molecule has 0 aliphatic carbocycles. The molecule has 0 radical (unpaired) electrons. The number of aryl methyl sites for hydroxylation is 2. The van der Waals surface area contributed by atoms with Gasteiger partial charge in [0, 0.05) is 11.6 Å². The topological polar surface area (TPSA) is 70.3 Å². The van der Waals surface area contributed by atoms with Gasteiger partial charge in [-0.15, -0.1) is 10.2 Å². The van der Waals surface area contributed by atoms with Crippen LogP contribution in [-0.2, 0) is 0 Å². The van der Waals surface area contributed by atoms with Gasteiger partial charge in [0.25, 0.3) is 0 Å². The second-order valence-electron chi connectivity index (χ2n) is 4.68. The molecule has 1 aromatic carbocycles. The third-order valence-corrected chi connectivity index (χ3v) is 3.21. The summed E-state index contributed by atoms with van der Waals surface area (Å²) in [5.74, 6) is 1.24. The van der Waals surface area contributed by atoms with E-state index in [-0.39, 0.29) is 6.04 Å². The van der Waals surface area contributed by atoms with Crippen LogP contribution in [0.1, 0.15) is 28.4 Å². The highest BCUT2D eigenvalue weighted by molar-refractivity contribution is 5.47. The van der Waals surface area contributed by atoms with Crippen molar-refractivity contribution in [3.8, 4) is 11.6 Å². The molecule has 1 heterocycles. The number of ether oxygens (including phenoxy) is 2. The molecule has 0 aliphatic rings. The molecule has 0 fully saturated rings. The molecule has 0 saturated heterocycles. The van der Waals surface area contributed by atoms with Crippen molar-refractivity contribution in [2.45, 2.75) is 19.9 Å². The van der Waals surface area contributed by atoms with Crippen molar-refractivity contribution in [2.24, 2.45) is 5.73 Å². The highest BCUT2D eigenvalue weighted by Crippen LogP contribution is 2.31. The molecular weight excluding hydrogens is 254 g/mol. The van der Waals surface area contributed by atoms with E-state index >= 15 is 0 Å². The van der Waals surface area contributed by atoms with Gasteiger partial charge in [-0.1, -0.05) is 6.07 Å². The van der Waals surface area contributed by atoms with E-state index < -0.39 is 0 Å². The number of nitrogens with zero attached hydrogens (tertiary/aromatic N) is 2. The molecule has 2 rings (SSSR count). The summed E-state index contributed by atoms with van der Waals surface area (Å²) in [4.78, 5) is 0. The summed E-state index contributed by atoms with van der Waals surface area (Å²) < 4.78 is 10.4. The third kappa shape index (κ3) is 2.72. The Labute approximate surface area is 118 Å². The van der Waals surface area contributed by atoms with Crippen molar-refractivity contribution in [1.82, 2.24) is 10.2 Å². The van der Waals surface area contributed by atoms with E-state index in [2.05, 4.69) is 16.3 Å². The molecule has 0 spiro atoms. The van der Waals surface area contributed by atoms with Crippen LogP contribution in [0.25, 0.3) is 0 Å². The summed E-state index contributed by atoms with van der Waals surface area (Å²) >= 11 is 0. The van der Waals surface area contributed by atoms with Gasteiger partial charge in [-0.3, -0.25) is 0 Å². The Morgan fingerprint density at radius 3 is 2.35 bits per heavy atom. The van der Waals surface area contributed by atoms with Gasteiger partial charge in [-0.05, 0) is 37.1 Å². The van der Waals surface area contributed by atoms with Gasteiger partial charge >= 0.3 is 0 Å². The fourth-order valence-corrected chi connectivity index (χ4v) is 2.26. The normalized spacial score (nSPS) is 12.1. The first-order chi connectivity index (χ1) is 9.56. The van der Waals surface area contributed by atoms with Gasteiger partial charge in [-0.2, -0.15) is 0 Å². The lowest BCUT2D eigenvalue weighted by atomic mass is 9.96. The second kappa shape index (κ2) is 5.88. The summed E-state index contributed by atoms with van der Waals surface area (Å²) in [5.41, 5.74) is 10.1. The zero-order valence-corrected chi connectivity index (χ0v) is 12.2. The maximum absolute atomic E-state index is 6.31. The van der Waals surface area contributed by atoms with Crippen LogP contribution in [0, 0.1) is 13.8 Å². The van der Waals surface area contributed by atoms with Crippen molar-refractivity contribution in [1.29, 1.82) is 0 Å². The average Bonchev–Trinajstić information content (AvgIpc) is 2.46. The number of nitrogens with two attached hydrogens (primary N) is 1. The van der Waals surface area contributed by atoms with Crippen molar-refractivity contribution in [3.05, 3.63) is 46.6 Å². The molecule has 5 nitrogen and oxygen atoms in total. The van der Waals surface area contributed by atoms with Crippen LogP contribution in [0.5, 0.6) is 11.6 Å². The lowest BCUT2D eigenvalue weighted by Gasteiger charge is -2.18. The molecule has 20 heavy (non-hydrogen) atoms. The standard InChI is InChI=1S/C15H19N3O2/c1-9-7-10(2)14(12(8-9)19-3)15(16)11-5-6-13(20-4)18-17-11/h5-8,15H,16H2,1-4H3. The monoisotopic (exact) mass is 273 g/mol. The number of hydrogen-bond donors (Lipinski definition) is 1. The smallest absolute Gasteiger partial charge is 0.233 e. The molecule has 0 saturated carbocycles. The molecule has 106 valence electrons. The molecular formula is C15H19N3O2. The first-order valence-electron chi connectivity index (χ1n) is 6.35. The SMILES string of the molecule is COc1ccc(C(N)c2c(C)cc(C)cc2OC)nn1. The zero-order valence-electron chi connectivity index (χ0n) is 12.2. The molecule has 1 atom stereocenters. The quantitative estimate of drug-likeness (QED) is 0.924. The van der Waals surface area contributed by atoms with Crippen LogP contribution >= 0.6 is 0 Å². The predicted molar refractivity (Wildman–Crippen MR) is 77.1 cm³/mol. The Kier molecular flexibility index (Phi) is 4.20. The number of aromatic nitrogens is 2. The van der Waals surface area contributed by atoms with Gasteiger partial charge < -0.3 is 15.2 Å². The second-order valence-corrected chi connectivity index (χ2v) is 4.68. The maximum atomic E-state index is 6.31. The fourth-order valence-electron chi connectivity index (χ4n) is 2.26. The van der Waals surface area contributed by atoms with Gasteiger partial charge in [0.2, 0.25) is 5.88 Å². The van der Waals surface area contributed by atoms with Crippen LogP contribution < -0.4 is 15.2 Å². The summed E-state index contributed by atoms with van der Waals surface area (Å²) in [5, 5.41) is 8.06. The first kappa shape index (κ1) is 14.3. The van der Waals surface area contributed by atoms with E-state index in [4.69, 9.17) is 15.2 Å². The van der Waals surface area contributed by atoms with E-state index in [1.807, 2.05) is 26.0 Å². The number of benzene rings is 1. The highest BCUT2D eigenvalue weighted by atomic mass is 16.5. The summed E-state index contributed by atoms with van der Waals surface area (Å²) in [6, 6.07) is 7.23. The lowest BCUT2D eigenvalue weighted by Crippen LogP contribution is -2.17. The van der Waals surface area contributed by atoms with Crippen LogP contribution in [-0.4, -0.2) is 24.4 Å². The third-order valence-electron chi connectivity index (χ3n) is 3.21. The largest absolute Gasteiger partial charge is 0.496 e. The summed E-state index contributed by atoms with van der Waals surface area (Å²) in [6.45, 7) is 4.04. The number of methoxy groups -OCH3 is 2. The highest BCUT2D eigenvalue weighted by Gasteiger charge is 2.19. The zero-order chi connectivity index (χ0) is 14.7. The Hall–Kier alpha value is -2.14. The summed E-state index contributed by atoms with van der Waals surface area (Å²) in [6.07, 6.45) is 0. The number of hydrogen-bond acceptors (Lipinski definition) is 5. The lowest BCUT2D eigenvalue weighted by molar-refractivity contribution is 0.390. The maximum Gasteiger partial charge on any atom is 0.233 e. The van der Waals surface area contributed by atoms with Crippen LogP contribution in [0.2, 0.25) is 0 Å². The molecule has 0 bridgehead atoms. The Balaban J connectivity index is 2.44. The van der Waals surface area contributed by atoms with Crippen molar-refractivity contribution >= 4 is 0 Å². The fraction of sp³-hybridized carbons (Fsp3) is 0.333. The Bertz CT molecular complexity index is 597. The summed E-state index contributed by atoms with van der Waals surface area (Å²) in [7, 11) is 3.20. The van der Waals surface area contributed by atoms with E-state index in [1.165, 1.54) is 0 Å². The van der Waals surface area contributed by atoms with E-state index in [0.29, 0.717) is 11.6 Å². The molecule has 2 aromatic rings. The minimum Gasteiger partial charge on any atom is -0.496 e. The van der Waals surface area contributed by atoms with Gasteiger partial charge in [0.05, 0.1) is 26.0 Å². The Morgan fingerprint density at radius 2 is 1.80 bits per heavy atom. The first-order valence-corrected chi connectivity index (χ1v) is 6.35. The van der Waals surface area contributed by atoms with E-state index in [9.17, 15) is 0 Å². The van der Waals surface area contributed by atoms with Crippen molar-refractivity contribution < 1.29 is 9.47 Å². The number of rotatable bonds is 4. The predicted octanol–water partition coefficient (Wildman–Crippen LogP) is 2.16. The van der Waals surface area contributed by atoms with Crippen LogP contribution in [0.4, 0.5) is 0 Å². The van der Waals surface area contributed by atoms with E-state index in [0.717, 1.165) is 22.4 Å². The minimum absolute atomic E-state index is 0.385. The molecule has 1 aromatic heterocycles. The molecule has 2 N–H and O–H groups in total. The van der Waals surface area contributed by atoms with Gasteiger partial charge in [-0.25, -0.2) is 0 Å². The van der Waals surface area contributed by atoms with Crippen molar-refractivity contribution in [3.63, 3.8) is 0 Å². The molecule has 5 heteroatoms. The van der Waals surface area contributed by atoms with Crippen LogP contribution in [0.3, 0.4) is 0 Å². The van der Waals surface area contributed by atoms with Crippen molar-refractivity contribution in [2.75, 3.05) is 14.2 Å².